The normalized spacial score (nSPS) is 16.1. The highest BCUT2D eigenvalue weighted by atomic mass is 16.1. The molecule has 1 atom stereocenters. The van der Waals surface area contributed by atoms with Gasteiger partial charge in [0.1, 0.15) is 28.5 Å². The van der Waals surface area contributed by atoms with Gasteiger partial charge in [-0.1, -0.05) is 36.4 Å². The average Bonchev–Trinajstić information content (AvgIpc) is 3.16. The summed E-state index contributed by atoms with van der Waals surface area (Å²) in [4.78, 5) is 24.6. The molecule has 0 spiro atoms. The highest BCUT2D eigenvalue weighted by molar-refractivity contribution is 5.89. The summed E-state index contributed by atoms with van der Waals surface area (Å²) >= 11 is 0. The number of piperidine rings is 1. The molecule has 0 radical (unpaired) electrons. The summed E-state index contributed by atoms with van der Waals surface area (Å²) in [6.07, 6.45) is 6.86. The van der Waals surface area contributed by atoms with Gasteiger partial charge in [-0.15, -0.1) is 0 Å². The largest absolute Gasteiger partial charge is 0.355 e. The first-order chi connectivity index (χ1) is 16.2. The van der Waals surface area contributed by atoms with Crippen molar-refractivity contribution >= 4 is 16.9 Å². The van der Waals surface area contributed by atoms with E-state index in [9.17, 15) is 10.1 Å². The first-order valence-electron chi connectivity index (χ1n) is 11.1. The van der Waals surface area contributed by atoms with Gasteiger partial charge in [0, 0.05) is 38.1 Å². The molecule has 8 heteroatoms. The maximum Gasteiger partial charge on any atom is 0.278 e. The first kappa shape index (κ1) is 20.9. The number of benzene rings is 1. The summed E-state index contributed by atoms with van der Waals surface area (Å²) in [5, 5.41) is 10.1. The van der Waals surface area contributed by atoms with E-state index in [2.05, 4.69) is 20.9 Å². The lowest BCUT2D eigenvalue weighted by atomic mass is 10.1. The maximum atomic E-state index is 13.7. The minimum Gasteiger partial charge on any atom is -0.355 e. The topological polar surface area (TPSA) is 106 Å². The molecule has 1 saturated heterocycles. The van der Waals surface area contributed by atoms with Crippen molar-refractivity contribution in [2.75, 3.05) is 18.0 Å². The first-order valence-corrected chi connectivity index (χ1v) is 11.1. The molecule has 1 aliphatic heterocycles. The second-order valence-electron chi connectivity index (χ2n) is 8.47. The number of aromatic nitrogens is 4. The summed E-state index contributed by atoms with van der Waals surface area (Å²) in [7, 11) is 0. The van der Waals surface area contributed by atoms with Crippen LogP contribution in [0.5, 0.6) is 0 Å². The fourth-order valence-electron chi connectivity index (χ4n) is 4.61. The van der Waals surface area contributed by atoms with Crippen molar-refractivity contribution in [3.05, 3.63) is 88.2 Å². The fraction of sp³-hybridized carbons (Fsp3) is 0.280. The number of pyridine rings is 1. The Hall–Kier alpha value is -3.96. The van der Waals surface area contributed by atoms with E-state index in [-0.39, 0.29) is 11.6 Å². The minimum absolute atomic E-state index is 0.0312. The Kier molecular flexibility index (Phi) is 5.63. The van der Waals surface area contributed by atoms with Gasteiger partial charge in [0.15, 0.2) is 0 Å². The van der Waals surface area contributed by atoms with Gasteiger partial charge in [0.2, 0.25) is 0 Å². The summed E-state index contributed by atoms with van der Waals surface area (Å²) < 4.78 is 3.53. The molecule has 0 saturated carbocycles. The molecule has 1 aromatic carbocycles. The van der Waals surface area contributed by atoms with Crippen molar-refractivity contribution in [3.63, 3.8) is 0 Å². The van der Waals surface area contributed by atoms with Gasteiger partial charge in [0.25, 0.3) is 5.56 Å². The van der Waals surface area contributed by atoms with Crippen molar-refractivity contribution < 1.29 is 0 Å². The summed E-state index contributed by atoms with van der Waals surface area (Å²) in [5.74, 6) is 0.732. The van der Waals surface area contributed by atoms with Crippen LogP contribution in [0.2, 0.25) is 0 Å². The van der Waals surface area contributed by atoms with Crippen molar-refractivity contribution in [2.45, 2.75) is 32.0 Å². The van der Waals surface area contributed by atoms with E-state index in [1.807, 2.05) is 47.0 Å². The number of fused-ring (bicyclic) bond motifs is 1. The molecule has 166 valence electrons. The van der Waals surface area contributed by atoms with Crippen LogP contribution >= 0.6 is 0 Å². The molecule has 1 fully saturated rings. The molecule has 8 nitrogen and oxygen atoms in total. The lowest BCUT2D eigenvalue weighted by Crippen LogP contribution is -2.44. The van der Waals surface area contributed by atoms with Crippen LogP contribution in [0.4, 0.5) is 5.82 Å². The quantitative estimate of drug-likeness (QED) is 0.512. The van der Waals surface area contributed by atoms with Crippen LogP contribution in [0.1, 0.15) is 29.5 Å². The molecule has 1 aliphatic rings. The number of nitriles is 1. The molecule has 5 rings (SSSR count). The highest BCUT2D eigenvalue weighted by Crippen LogP contribution is 2.32. The summed E-state index contributed by atoms with van der Waals surface area (Å²) in [6.45, 7) is 2.26. The number of hydrogen-bond acceptors (Lipinski definition) is 6. The smallest absolute Gasteiger partial charge is 0.278 e. The van der Waals surface area contributed by atoms with Crippen LogP contribution in [0.15, 0.2) is 66.0 Å². The van der Waals surface area contributed by atoms with Crippen LogP contribution < -0.4 is 16.2 Å². The molecule has 4 heterocycles. The van der Waals surface area contributed by atoms with E-state index in [4.69, 9.17) is 5.73 Å². The molecular formula is C25H25N7O. The van der Waals surface area contributed by atoms with Crippen LogP contribution in [-0.4, -0.2) is 38.2 Å². The van der Waals surface area contributed by atoms with E-state index in [0.29, 0.717) is 36.2 Å². The van der Waals surface area contributed by atoms with E-state index in [1.54, 1.807) is 17.0 Å². The van der Waals surface area contributed by atoms with Crippen molar-refractivity contribution in [2.24, 2.45) is 5.73 Å². The molecule has 0 unspecified atom stereocenters. The van der Waals surface area contributed by atoms with Gasteiger partial charge in [-0.2, -0.15) is 5.26 Å². The molecule has 0 bridgehead atoms. The van der Waals surface area contributed by atoms with Gasteiger partial charge in [-0.3, -0.25) is 14.3 Å². The highest BCUT2D eigenvalue weighted by Gasteiger charge is 2.28. The lowest BCUT2D eigenvalue weighted by molar-refractivity contribution is 0.498. The Morgan fingerprint density at radius 2 is 1.94 bits per heavy atom. The predicted octanol–water partition coefficient (Wildman–Crippen LogP) is 2.49. The molecule has 4 aromatic rings. The third-order valence-electron chi connectivity index (χ3n) is 6.13. The number of nitrogens with zero attached hydrogens (tertiary/aromatic N) is 6. The zero-order valence-electron chi connectivity index (χ0n) is 18.3. The third kappa shape index (κ3) is 3.99. The van der Waals surface area contributed by atoms with Crippen molar-refractivity contribution in [3.8, 4) is 6.07 Å². The standard InChI is InChI=1S/C25H25N7O/c26-12-21-22-23(25(33)31(17-29-22)14-19-8-4-10-28-13-19)32(15-18-6-2-1-3-7-18)24(21)30-11-5-9-20(27)16-30/h1-4,6-8,10,13,17,20H,5,9,11,14-16,27H2/t20-/m0/s1. The Morgan fingerprint density at radius 3 is 2.67 bits per heavy atom. The average molecular weight is 440 g/mol. The predicted molar refractivity (Wildman–Crippen MR) is 127 cm³/mol. The second kappa shape index (κ2) is 8.88. The third-order valence-corrected chi connectivity index (χ3v) is 6.13. The SMILES string of the molecule is N#Cc1c(N2CCC[C@H](N)C2)n(Cc2ccccc2)c2c(=O)n(Cc3cccnc3)cnc12. The Bertz CT molecular complexity index is 1370. The Labute approximate surface area is 191 Å². The van der Waals surface area contributed by atoms with Crippen LogP contribution in [0.25, 0.3) is 11.0 Å². The van der Waals surface area contributed by atoms with E-state index in [1.165, 1.54) is 6.33 Å². The number of anilines is 1. The monoisotopic (exact) mass is 439 g/mol. The van der Waals surface area contributed by atoms with Gasteiger partial charge < -0.3 is 15.2 Å². The molecule has 3 aromatic heterocycles. The Balaban J connectivity index is 1.72. The van der Waals surface area contributed by atoms with Crippen LogP contribution in [-0.2, 0) is 13.1 Å². The molecule has 2 N–H and O–H groups in total. The Morgan fingerprint density at radius 1 is 1.12 bits per heavy atom. The maximum absolute atomic E-state index is 13.7. The lowest BCUT2D eigenvalue weighted by Gasteiger charge is -2.33. The van der Waals surface area contributed by atoms with Crippen LogP contribution in [0, 0.1) is 11.3 Å². The van der Waals surface area contributed by atoms with E-state index in [0.717, 1.165) is 36.3 Å². The second-order valence-corrected chi connectivity index (χ2v) is 8.47. The molecule has 33 heavy (non-hydrogen) atoms. The van der Waals surface area contributed by atoms with Gasteiger partial charge in [-0.25, -0.2) is 4.98 Å². The van der Waals surface area contributed by atoms with Crippen molar-refractivity contribution in [1.29, 1.82) is 5.26 Å². The summed E-state index contributed by atoms with van der Waals surface area (Å²) in [6, 6.07) is 16.1. The zero-order valence-corrected chi connectivity index (χ0v) is 18.3. The zero-order chi connectivity index (χ0) is 22.8. The van der Waals surface area contributed by atoms with Gasteiger partial charge in [-0.05, 0) is 30.0 Å². The minimum atomic E-state index is -0.177. The molecule has 0 amide bonds. The number of hydrogen-bond donors (Lipinski definition) is 1. The van der Waals surface area contributed by atoms with Crippen LogP contribution in [0.3, 0.4) is 0 Å². The fourth-order valence-corrected chi connectivity index (χ4v) is 4.61. The summed E-state index contributed by atoms with van der Waals surface area (Å²) in [5.41, 5.74) is 9.36. The van der Waals surface area contributed by atoms with Crippen molar-refractivity contribution in [1.82, 2.24) is 19.1 Å². The van der Waals surface area contributed by atoms with E-state index >= 15 is 0 Å². The van der Waals surface area contributed by atoms with Gasteiger partial charge >= 0.3 is 0 Å². The van der Waals surface area contributed by atoms with E-state index < -0.39 is 0 Å². The molecular weight excluding hydrogens is 414 g/mol. The van der Waals surface area contributed by atoms with Gasteiger partial charge in [0.05, 0.1) is 12.9 Å². The molecule has 0 aliphatic carbocycles. The number of rotatable bonds is 5. The number of nitrogens with two attached hydrogens (primary N) is 1.